The van der Waals surface area contributed by atoms with Gasteiger partial charge in [-0.2, -0.15) is 0 Å². The first-order valence-electron chi connectivity index (χ1n) is 7.09. The van der Waals surface area contributed by atoms with Crippen LogP contribution in [0, 0.1) is 0 Å². The molecule has 1 aromatic rings. The number of anilines is 2. The quantitative estimate of drug-likeness (QED) is 0.822. The average Bonchev–Trinajstić information content (AvgIpc) is 2.88. The summed E-state index contributed by atoms with van der Waals surface area (Å²) in [5, 5.41) is 3.21. The van der Waals surface area contributed by atoms with Gasteiger partial charge in [0, 0.05) is 25.3 Å². The summed E-state index contributed by atoms with van der Waals surface area (Å²) in [4.78, 5) is 25.3. The molecule has 1 aliphatic rings. The minimum Gasteiger partial charge on any atom is -0.381 e. The molecule has 0 aliphatic carbocycles. The molecule has 1 aliphatic heterocycles. The molecule has 1 saturated heterocycles. The number of carbonyl (C=O) groups is 2. The Morgan fingerprint density at radius 1 is 1.48 bits per heavy atom. The van der Waals surface area contributed by atoms with E-state index in [1.165, 1.54) is 0 Å². The Labute approximate surface area is 129 Å². The third kappa shape index (κ3) is 4.19. The summed E-state index contributed by atoms with van der Waals surface area (Å²) in [6.45, 7) is 3.55. The minimum absolute atomic E-state index is 0.103. The smallest absolute Gasteiger partial charge is 0.227 e. The maximum absolute atomic E-state index is 11.8. The molecule has 0 unspecified atom stereocenters. The van der Waals surface area contributed by atoms with Gasteiger partial charge in [0.15, 0.2) is 0 Å². The third-order valence-corrected chi connectivity index (χ3v) is 3.62. The number of nitrogens with zero attached hydrogens (tertiary/aromatic N) is 1. The molecule has 1 fully saturated rings. The molecule has 1 heterocycles. The summed E-state index contributed by atoms with van der Waals surface area (Å²) in [6.07, 6.45) is 1.70. The normalized spacial score (nSPS) is 14.6. The number of benzene rings is 1. The number of amides is 2. The number of carbonyl (C=O) groups excluding carboxylic acids is 2. The summed E-state index contributed by atoms with van der Waals surface area (Å²) < 4.78 is 5.14. The lowest BCUT2D eigenvalue weighted by molar-refractivity contribution is -0.117. The van der Waals surface area contributed by atoms with Crippen molar-refractivity contribution in [1.82, 2.24) is 0 Å². The van der Waals surface area contributed by atoms with E-state index in [1.807, 2.05) is 6.92 Å². The van der Waals surface area contributed by atoms with Crippen LogP contribution < -0.4 is 10.2 Å². The fourth-order valence-electron chi connectivity index (χ4n) is 2.22. The Balaban J connectivity index is 2.05. The summed E-state index contributed by atoms with van der Waals surface area (Å²) >= 11 is 6.10. The zero-order valence-electron chi connectivity index (χ0n) is 12.0. The van der Waals surface area contributed by atoms with E-state index in [0.29, 0.717) is 36.9 Å². The number of rotatable bonds is 6. The zero-order chi connectivity index (χ0) is 15.2. The molecule has 1 aromatic carbocycles. The Morgan fingerprint density at radius 3 is 2.95 bits per heavy atom. The van der Waals surface area contributed by atoms with E-state index in [1.54, 1.807) is 23.1 Å². The number of hydrogen-bond donors (Lipinski definition) is 1. The predicted octanol–water partition coefficient (Wildman–Crippen LogP) is 2.83. The lowest BCUT2D eigenvalue weighted by Gasteiger charge is -2.17. The highest BCUT2D eigenvalue weighted by atomic mass is 35.5. The molecule has 1 N–H and O–H groups in total. The first-order valence-corrected chi connectivity index (χ1v) is 7.47. The van der Waals surface area contributed by atoms with E-state index in [-0.39, 0.29) is 18.2 Å². The molecule has 5 nitrogen and oxygen atoms in total. The van der Waals surface area contributed by atoms with E-state index < -0.39 is 0 Å². The highest BCUT2D eigenvalue weighted by molar-refractivity contribution is 6.33. The number of halogens is 1. The topological polar surface area (TPSA) is 58.6 Å². The van der Waals surface area contributed by atoms with Crippen LogP contribution in [0.3, 0.4) is 0 Å². The Bertz CT molecular complexity index is 534. The number of ether oxygens (including phenoxy) is 1. The largest absolute Gasteiger partial charge is 0.381 e. The van der Waals surface area contributed by atoms with Crippen molar-refractivity contribution in [1.29, 1.82) is 0 Å². The van der Waals surface area contributed by atoms with E-state index in [4.69, 9.17) is 16.3 Å². The molecule has 0 saturated carbocycles. The summed E-state index contributed by atoms with van der Waals surface area (Å²) in [6, 6.07) is 5.23. The summed E-state index contributed by atoms with van der Waals surface area (Å²) in [5.74, 6) is -0.0545. The van der Waals surface area contributed by atoms with Crippen molar-refractivity contribution in [3.63, 3.8) is 0 Å². The molecule has 114 valence electrons. The molecule has 2 rings (SSSR count). The van der Waals surface area contributed by atoms with Gasteiger partial charge in [-0.3, -0.25) is 9.59 Å². The van der Waals surface area contributed by atoms with Crippen LogP contribution >= 0.6 is 11.6 Å². The molecule has 0 spiro atoms. The molecule has 0 bridgehead atoms. The van der Waals surface area contributed by atoms with Gasteiger partial charge >= 0.3 is 0 Å². The average molecular weight is 311 g/mol. The van der Waals surface area contributed by atoms with Crippen LogP contribution in [0.15, 0.2) is 18.2 Å². The second-order valence-corrected chi connectivity index (χ2v) is 5.22. The van der Waals surface area contributed by atoms with Crippen LogP contribution in [-0.2, 0) is 14.3 Å². The van der Waals surface area contributed by atoms with Gasteiger partial charge < -0.3 is 15.0 Å². The highest BCUT2D eigenvalue weighted by Gasteiger charge is 2.22. The van der Waals surface area contributed by atoms with Crippen LogP contribution in [0.5, 0.6) is 0 Å². The Kier molecular flexibility index (Phi) is 5.59. The second-order valence-electron chi connectivity index (χ2n) is 4.81. The maximum atomic E-state index is 11.8. The minimum atomic E-state index is -0.157. The van der Waals surface area contributed by atoms with Crippen molar-refractivity contribution >= 4 is 34.8 Å². The van der Waals surface area contributed by atoms with Gasteiger partial charge in [-0.15, -0.1) is 0 Å². The third-order valence-electron chi connectivity index (χ3n) is 3.29. The monoisotopic (exact) mass is 310 g/mol. The maximum Gasteiger partial charge on any atom is 0.227 e. The van der Waals surface area contributed by atoms with Crippen LogP contribution in [0.2, 0.25) is 5.02 Å². The zero-order valence-corrected chi connectivity index (χ0v) is 12.8. The lowest BCUT2D eigenvalue weighted by Crippen LogP contribution is -2.24. The van der Waals surface area contributed by atoms with Gasteiger partial charge in [0.05, 0.1) is 23.7 Å². The molecule has 0 aromatic heterocycles. The van der Waals surface area contributed by atoms with Crippen molar-refractivity contribution in [2.24, 2.45) is 0 Å². The molecule has 2 amide bonds. The van der Waals surface area contributed by atoms with Crippen LogP contribution in [0.4, 0.5) is 11.4 Å². The van der Waals surface area contributed by atoms with Crippen molar-refractivity contribution in [3.05, 3.63) is 23.2 Å². The van der Waals surface area contributed by atoms with Crippen LogP contribution in [0.25, 0.3) is 0 Å². The Morgan fingerprint density at radius 2 is 2.29 bits per heavy atom. The highest BCUT2D eigenvalue weighted by Crippen LogP contribution is 2.30. The number of hydrogen-bond acceptors (Lipinski definition) is 3. The molecule has 0 atom stereocenters. The lowest BCUT2D eigenvalue weighted by atomic mass is 10.2. The molecule has 6 heteroatoms. The van der Waals surface area contributed by atoms with Gasteiger partial charge in [-0.1, -0.05) is 11.6 Å². The van der Waals surface area contributed by atoms with Crippen LogP contribution in [0.1, 0.15) is 26.2 Å². The van der Waals surface area contributed by atoms with Gasteiger partial charge in [0.25, 0.3) is 0 Å². The predicted molar refractivity (Wildman–Crippen MR) is 82.8 cm³/mol. The van der Waals surface area contributed by atoms with E-state index >= 15 is 0 Å². The van der Waals surface area contributed by atoms with Crippen LogP contribution in [-0.4, -0.2) is 31.6 Å². The van der Waals surface area contributed by atoms with E-state index in [2.05, 4.69) is 5.32 Å². The molecule has 0 radical (unpaired) electrons. The fourth-order valence-corrected chi connectivity index (χ4v) is 2.38. The summed E-state index contributed by atoms with van der Waals surface area (Å²) in [5.41, 5.74) is 1.29. The molecular weight excluding hydrogens is 292 g/mol. The standard InChI is InChI=1S/C15H19ClN2O3/c1-2-21-9-7-14(19)17-13-10-11(5-6-12(13)16)18-8-3-4-15(18)20/h5-6,10H,2-4,7-9H2,1H3,(H,17,19). The summed E-state index contributed by atoms with van der Waals surface area (Å²) in [7, 11) is 0. The number of nitrogens with one attached hydrogen (secondary N) is 1. The molecular formula is C15H19ClN2O3. The molecule has 21 heavy (non-hydrogen) atoms. The van der Waals surface area contributed by atoms with Gasteiger partial charge in [0.1, 0.15) is 0 Å². The van der Waals surface area contributed by atoms with E-state index in [9.17, 15) is 9.59 Å². The fraction of sp³-hybridized carbons (Fsp3) is 0.467. The second kappa shape index (κ2) is 7.43. The van der Waals surface area contributed by atoms with Gasteiger partial charge in [-0.25, -0.2) is 0 Å². The Hall–Kier alpha value is -1.59. The van der Waals surface area contributed by atoms with Gasteiger partial charge in [-0.05, 0) is 31.5 Å². The SMILES string of the molecule is CCOCCC(=O)Nc1cc(N2CCCC2=O)ccc1Cl. The van der Waals surface area contributed by atoms with Gasteiger partial charge in [0.2, 0.25) is 11.8 Å². The first kappa shape index (κ1) is 15.8. The van der Waals surface area contributed by atoms with Crippen molar-refractivity contribution in [2.75, 3.05) is 30.0 Å². The van der Waals surface area contributed by atoms with Crippen molar-refractivity contribution in [2.45, 2.75) is 26.2 Å². The van der Waals surface area contributed by atoms with Crippen molar-refractivity contribution in [3.8, 4) is 0 Å². The van der Waals surface area contributed by atoms with E-state index in [0.717, 1.165) is 12.1 Å². The first-order chi connectivity index (χ1) is 10.1. The van der Waals surface area contributed by atoms with Crippen molar-refractivity contribution < 1.29 is 14.3 Å².